The Bertz CT molecular complexity index is 710. The van der Waals surface area contributed by atoms with E-state index in [9.17, 15) is 0 Å². The Labute approximate surface area is 344 Å². The topological polar surface area (TPSA) is 0 Å². The Morgan fingerprint density at radius 2 is 0.347 bits per heavy atom. The third-order valence-corrected chi connectivity index (χ3v) is 9.78. The molecule has 49 radical (unpaired) electrons. The van der Waals surface area contributed by atoms with Gasteiger partial charge in [-0.3, -0.25) is 0 Å². The number of hydrogen-bond acceptors (Lipinski definition) is 0. The van der Waals surface area contributed by atoms with Crippen molar-refractivity contribution in [3.63, 3.8) is 0 Å². The lowest BCUT2D eigenvalue weighted by atomic mass is 8.25. The van der Waals surface area contributed by atoms with Gasteiger partial charge < -0.3 is 0 Å². The van der Waals surface area contributed by atoms with Gasteiger partial charge in [-0.2, -0.15) is 7.06 Å². The van der Waals surface area contributed by atoms with Crippen molar-refractivity contribution in [1.82, 2.24) is 0 Å². The van der Waals surface area contributed by atoms with Gasteiger partial charge in [0.1, 0.15) is 0 Å². The minimum atomic E-state index is -1.29. The molecule has 0 amide bonds. The summed E-state index contributed by atoms with van der Waals surface area (Å²) >= 11 is 0. The first-order chi connectivity index (χ1) is 22.3. The first kappa shape index (κ1) is 52.2. The highest BCUT2D eigenvalue weighted by Crippen LogP contribution is 2.21. The summed E-state index contributed by atoms with van der Waals surface area (Å²) in [5, 5.41) is 0. The second-order valence-electron chi connectivity index (χ2n) is 13.3. The first-order valence-corrected chi connectivity index (χ1v) is 15.7. The molecule has 0 aliphatic heterocycles. The van der Waals surface area contributed by atoms with Crippen LogP contribution < -0.4 is 0 Å². The van der Waals surface area contributed by atoms with Crippen LogP contribution >= 0.6 is 0 Å². The van der Waals surface area contributed by atoms with Crippen molar-refractivity contribution in [2.24, 2.45) is 0 Å². The van der Waals surface area contributed by atoms with Gasteiger partial charge in [0.25, 0.3) is 0 Å². The molecule has 0 bridgehead atoms. The van der Waals surface area contributed by atoms with Crippen molar-refractivity contribution in [2.75, 3.05) is 0 Å². The van der Waals surface area contributed by atoms with Gasteiger partial charge in [-0.25, -0.2) is 0 Å². The number of hydrogen-bond donors (Lipinski definition) is 0. The summed E-state index contributed by atoms with van der Waals surface area (Å²) in [6.07, 6.45) is -26.9. The maximum absolute atomic E-state index is 6.63. The molecule has 0 atom stereocenters. The van der Waals surface area contributed by atoms with Gasteiger partial charge in [0.05, 0.1) is 0 Å². The van der Waals surface area contributed by atoms with E-state index < -0.39 is 155 Å². The SMILES string of the molecule is [B]B([B])B([B][BH3-])B(B([B])[B])B(B(B([B])[B])B([B])[B])B(B(B(B([B])[B])B([B])[B])B(B([B])[B])B([B])[B])B(B(B([B])[B])B([B])[B])B(B([B])[B])B([B])[B]. The summed E-state index contributed by atoms with van der Waals surface area (Å²) in [4.78, 5) is 0. The second kappa shape index (κ2) is 24.1. The third kappa shape index (κ3) is 14.3. The van der Waals surface area contributed by atoms with Crippen LogP contribution in [0, 0.1) is 0 Å². The molecule has 0 spiro atoms. The average molecular weight is 533 g/mol. The fourth-order valence-corrected chi connectivity index (χ4v) is 7.95. The molecule has 0 aromatic rings. The van der Waals surface area contributed by atoms with E-state index >= 15 is 0 Å². The van der Waals surface area contributed by atoms with Crippen molar-refractivity contribution < 1.29 is 0 Å². The van der Waals surface area contributed by atoms with E-state index in [1.807, 2.05) is 7.06 Å². The molecule has 0 rings (SSSR count). The Hall–Kier alpha value is 3.18. The zero-order valence-corrected chi connectivity index (χ0v) is 27.7. The van der Waals surface area contributed by atoms with Crippen LogP contribution in [0.3, 0.4) is 0 Å². The highest BCUT2D eigenvalue weighted by Gasteiger charge is 2.59. The van der Waals surface area contributed by atoms with E-state index in [4.69, 9.17) is 186 Å². The predicted molar refractivity (Wildman–Crippen MR) is 286 cm³/mol. The second-order valence-corrected chi connectivity index (χ2v) is 13.3. The van der Waals surface area contributed by atoms with E-state index in [-0.39, 0.29) is 0 Å². The maximum atomic E-state index is 6.63. The molecular weight excluding hydrogens is 530 g/mol. The molecule has 0 unspecified atom stereocenters. The van der Waals surface area contributed by atoms with Gasteiger partial charge in [0, 0.05) is 0 Å². The predicted octanol–water partition coefficient (Wildman–Crippen LogP) is -19.5. The van der Waals surface area contributed by atoms with Crippen LogP contribution in [0.2, 0.25) is 0 Å². The van der Waals surface area contributed by atoms with Crippen LogP contribution in [0.15, 0.2) is 0 Å². The summed E-state index contributed by atoms with van der Waals surface area (Å²) in [6.45, 7) is 0. The molecule has 0 saturated heterocycles. The molecule has 0 saturated carbocycles. The van der Waals surface area contributed by atoms with Crippen molar-refractivity contribution >= 4 is 347 Å². The molecule has 49 heavy (non-hydrogen) atoms. The third-order valence-electron chi connectivity index (χ3n) is 9.78. The summed E-state index contributed by atoms with van der Waals surface area (Å²) in [5.74, 6) is 0. The Kier molecular flexibility index (Phi) is 25.6. The number of rotatable bonds is 23. The average Bonchev–Trinajstić information content (AvgIpc) is 2.88. The molecule has 49 heteroatoms. The first-order valence-electron chi connectivity index (χ1n) is 15.7. The molecule has 0 fully saturated rings. The van der Waals surface area contributed by atoms with Crippen LogP contribution in [0.25, 0.3) is 0 Å². The molecule has 0 nitrogen and oxygen atoms in total. The van der Waals surface area contributed by atoms with Crippen LogP contribution in [0.1, 0.15) is 0 Å². The van der Waals surface area contributed by atoms with Crippen LogP contribution in [0.4, 0.5) is 0 Å². The van der Waals surface area contributed by atoms with E-state index in [1.54, 1.807) is 0 Å². The largest absolute Gasteiger partial charge is 0.158 e. The molecule has 0 heterocycles. The molecular formula is H3B49-. The van der Waals surface area contributed by atoms with Crippen molar-refractivity contribution in [1.29, 1.82) is 0 Å². The fourth-order valence-electron chi connectivity index (χ4n) is 7.95. The summed E-state index contributed by atoms with van der Waals surface area (Å²) in [5.41, 5.74) is 0. The minimum Gasteiger partial charge on any atom is -0.158 e. The molecule has 0 aromatic carbocycles. The monoisotopic (exact) mass is 542 g/mol. The van der Waals surface area contributed by atoms with E-state index in [1.165, 1.54) is 0 Å². The Morgan fingerprint density at radius 1 is 0.204 bits per heavy atom. The van der Waals surface area contributed by atoms with Gasteiger partial charge in [0.15, 0.2) is 0 Å². The normalized spacial score (nSPS) is 9.65. The molecule has 0 aliphatic carbocycles. The molecule has 0 aromatic heterocycles. The van der Waals surface area contributed by atoms with E-state index in [0.717, 1.165) is 0 Å². The molecule has 151 valence electrons. The van der Waals surface area contributed by atoms with Crippen molar-refractivity contribution in [3.8, 4) is 0 Å². The zero-order chi connectivity index (χ0) is 39.0. The highest BCUT2D eigenvalue weighted by molar-refractivity contribution is 8.35. The van der Waals surface area contributed by atoms with Gasteiger partial charge >= 0.3 is 0 Å². The Balaban J connectivity index is 9.41. The fraction of sp³-hybridized carbons (Fsp3) is 0. The van der Waals surface area contributed by atoms with Crippen LogP contribution in [-0.4, -0.2) is 347 Å². The van der Waals surface area contributed by atoms with E-state index in [2.05, 4.69) is 0 Å². The summed E-state index contributed by atoms with van der Waals surface area (Å²) in [6, 6.07) is 0. The molecule has 0 aliphatic rings. The lowest BCUT2D eigenvalue weighted by Crippen LogP contribution is -2.95. The van der Waals surface area contributed by atoms with Gasteiger partial charge in [0.2, 0.25) is 0 Å². The van der Waals surface area contributed by atoms with Gasteiger partial charge in [-0.1, -0.05) is 7.74 Å². The zero-order valence-electron chi connectivity index (χ0n) is 27.7. The van der Waals surface area contributed by atoms with Crippen molar-refractivity contribution in [3.05, 3.63) is 0 Å². The van der Waals surface area contributed by atoms with Gasteiger partial charge in [-0.15, -0.1) is 0 Å². The smallest absolute Gasteiger partial charge is 0.0000000000000000739 e. The summed E-state index contributed by atoms with van der Waals surface area (Å²) in [7, 11) is 157. The van der Waals surface area contributed by atoms with Gasteiger partial charge in [-0.05, 0) is 333 Å². The standard InChI is InChI=1S/B49H3/c1-26-39(27(2)3)45(38(24)25)48(44(36(20)21)37(22)23)49(46(40(28(4)5)29(6)7)41(30(8)9)31(10)11)47(42(32(12)13)33(14)15)43(34(16)17)35(18)19/h1H3/q-1. The van der Waals surface area contributed by atoms with Crippen LogP contribution in [0.5, 0.6) is 0 Å². The molecule has 0 N–H and O–H groups in total. The maximum Gasteiger partial charge on any atom is -0.0000000000000000739 e. The highest BCUT2D eigenvalue weighted by atomic mass is 13.4. The lowest BCUT2D eigenvalue weighted by Gasteiger charge is -2.57. The van der Waals surface area contributed by atoms with E-state index in [0.29, 0.717) is 0 Å². The quantitative estimate of drug-likeness (QED) is 0.115. The van der Waals surface area contributed by atoms with Crippen LogP contribution in [-0.2, 0) is 0 Å². The summed E-state index contributed by atoms with van der Waals surface area (Å²) < 4.78 is 0. The van der Waals surface area contributed by atoms with Crippen molar-refractivity contribution in [2.45, 2.75) is 0 Å². The lowest BCUT2D eigenvalue weighted by molar-refractivity contribution is 3.19. The minimum absolute atomic E-state index is 0.529. The Morgan fingerprint density at radius 3 is 0.469 bits per heavy atom.